The predicted octanol–water partition coefficient (Wildman–Crippen LogP) is -0.490. The van der Waals surface area contributed by atoms with Crippen molar-refractivity contribution >= 4 is 0 Å². The Balaban J connectivity index is 0.00000242. The Morgan fingerprint density at radius 2 is 1.43 bits per heavy atom. The van der Waals surface area contributed by atoms with Crippen molar-refractivity contribution in [2.75, 3.05) is 0 Å². The molecule has 0 heterocycles. The molecule has 0 bridgehead atoms. The van der Waals surface area contributed by atoms with Gasteiger partial charge in [-0.05, 0) is 0 Å². The zero-order valence-electron chi connectivity index (χ0n) is 14.8. The predicted molar refractivity (Wildman–Crippen MR) is 86.3 cm³/mol. The van der Waals surface area contributed by atoms with Crippen LogP contribution in [0.2, 0.25) is 0 Å². The third-order valence-electron chi connectivity index (χ3n) is 3.69. The Bertz CT molecular complexity index is 546. The van der Waals surface area contributed by atoms with Crippen LogP contribution in [0.4, 0.5) is 0 Å². The maximum absolute atomic E-state index is 6.47. The van der Waals surface area contributed by atoms with Crippen LogP contribution in [-0.4, -0.2) is 0 Å². The van der Waals surface area contributed by atoms with Crippen molar-refractivity contribution in [2.45, 2.75) is 58.8 Å². The summed E-state index contributed by atoms with van der Waals surface area (Å²) in [7, 11) is 0. The van der Waals surface area contributed by atoms with Crippen LogP contribution < -0.4 is 27.6 Å². The number of para-hydroxylation sites is 1. The topological polar surface area (TPSA) is 9.23 Å². The minimum absolute atomic E-state index is 0. The Hall–Kier alpha value is -0.0369. The van der Waals surface area contributed by atoms with E-state index >= 15 is 0 Å². The molecule has 2 rings (SSSR count). The van der Waals surface area contributed by atoms with E-state index in [1.165, 1.54) is 14.4 Å². The van der Waals surface area contributed by atoms with Crippen LogP contribution in [0.5, 0.6) is 5.75 Å². The van der Waals surface area contributed by atoms with Gasteiger partial charge in [-0.3, -0.25) is 0 Å². The van der Waals surface area contributed by atoms with E-state index < -0.39 is 23.7 Å². The van der Waals surface area contributed by atoms with Crippen molar-refractivity contribution in [3.8, 4) is 5.75 Å². The van der Waals surface area contributed by atoms with Gasteiger partial charge in [0.25, 0.3) is 0 Å². The third kappa shape index (κ3) is 6.07. The molecule has 0 fully saturated rings. The van der Waals surface area contributed by atoms with Gasteiger partial charge in [0.05, 0.1) is 0 Å². The number of allylic oxidation sites excluding steroid dienone is 4. The fourth-order valence-electron chi connectivity index (χ4n) is 2.47. The van der Waals surface area contributed by atoms with E-state index in [0.717, 1.165) is 12.2 Å². The van der Waals surface area contributed by atoms with Crippen molar-refractivity contribution in [3.63, 3.8) is 0 Å². The first-order valence-corrected chi connectivity index (χ1v) is 9.85. The quantitative estimate of drug-likeness (QED) is 0.627. The summed E-state index contributed by atoms with van der Waals surface area (Å²) < 4.78 is 7.98. The van der Waals surface area contributed by atoms with Crippen molar-refractivity contribution in [1.82, 2.24) is 0 Å². The first-order chi connectivity index (χ1) is 9.69. The summed E-state index contributed by atoms with van der Waals surface area (Å²) in [4.78, 5) is 0. The SMILES string of the molecule is CC(C)(C)c1cccc(C(C)(C)C)c1[O][Zr+2][C]1=CC=CC1.[Cl-].[Cl-]. The first kappa shape index (κ1) is 23.0. The molecule has 1 aliphatic carbocycles. The summed E-state index contributed by atoms with van der Waals surface area (Å²) in [5.74, 6) is 1.15. The van der Waals surface area contributed by atoms with Crippen molar-refractivity contribution < 1.29 is 51.3 Å². The molecule has 0 spiro atoms. The summed E-state index contributed by atoms with van der Waals surface area (Å²) in [6.45, 7) is 13.6. The molecular weight excluding hydrogens is 406 g/mol. The molecule has 0 atom stereocenters. The van der Waals surface area contributed by atoms with Crippen molar-refractivity contribution in [3.05, 3.63) is 50.8 Å². The minimum Gasteiger partial charge on any atom is -1.00 e. The molecule has 1 aromatic carbocycles. The smallest absolute Gasteiger partial charge is 1.00 e. The van der Waals surface area contributed by atoms with E-state index in [1.807, 2.05) is 0 Å². The fraction of sp³-hybridized carbons (Fsp3) is 0.474. The van der Waals surface area contributed by atoms with Gasteiger partial charge in [0.2, 0.25) is 0 Å². The molecule has 0 N–H and O–H groups in total. The number of hydrogen-bond donors (Lipinski definition) is 0. The molecule has 0 aromatic heterocycles. The van der Waals surface area contributed by atoms with Crippen LogP contribution in [0.25, 0.3) is 0 Å². The average Bonchev–Trinajstić information content (AvgIpc) is 2.86. The number of hydrogen-bond acceptors (Lipinski definition) is 1. The van der Waals surface area contributed by atoms with Crippen LogP contribution in [0.1, 0.15) is 59.1 Å². The Labute approximate surface area is 166 Å². The minimum atomic E-state index is -0.974. The molecule has 126 valence electrons. The second kappa shape index (κ2) is 8.88. The molecule has 0 aliphatic heterocycles. The molecule has 0 saturated carbocycles. The Morgan fingerprint density at radius 3 is 1.83 bits per heavy atom. The Kier molecular flexibility index (Phi) is 8.87. The van der Waals surface area contributed by atoms with Gasteiger partial charge in [0, 0.05) is 0 Å². The first-order valence-electron chi connectivity index (χ1n) is 7.62. The van der Waals surface area contributed by atoms with E-state index in [2.05, 4.69) is 78.0 Å². The van der Waals surface area contributed by atoms with Crippen molar-refractivity contribution in [2.24, 2.45) is 0 Å². The average molecular weight is 433 g/mol. The van der Waals surface area contributed by atoms with E-state index in [9.17, 15) is 0 Å². The molecule has 0 radical (unpaired) electrons. The summed E-state index contributed by atoms with van der Waals surface area (Å²) >= 11 is -0.974. The van der Waals surface area contributed by atoms with E-state index in [0.29, 0.717) is 0 Å². The van der Waals surface area contributed by atoms with Gasteiger partial charge < -0.3 is 24.8 Å². The summed E-state index contributed by atoms with van der Waals surface area (Å²) in [5.41, 5.74) is 2.89. The fourth-order valence-corrected chi connectivity index (χ4v) is 4.48. The van der Waals surface area contributed by atoms with Gasteiger partial charge in [-0.25, -0.2) is 0 Å². The zero-order valence-corrected chi connectivity index (χ0v) is 18.8. The van der Waals surface area contributed by atoms with Crippen LogP contribution in [0, 0.1) is 0 Å². The van der Waals surface area contributed by atoms with Crippen LogP contribution in [0.15, 0.2) is 39.7 Å². The van der Waals surface area contributed by atoms with E-state index in [4.69, 9.17) is 2.81 Å². The second-order valence-corrected chi connectivity index (χ2v) is 10.3. The van der Waals surface area contributed by atoms with Crippen LogP contribution >= 0.6 is 0 Å². The monoisotopic (exact) mass is 430 g/mol. The summed E-state index contributed by atoms with van der Waals surface area (Å²) in [6.07, 6.45) is 7.71. The van der Waals surface area contributed by atoms with Crippen LogP contribution in [0.3, 0.4) is 0 Å². The van der Waals surface area contributed by atoms with Crippen molar-refractivity contribution in [1.29, 1.82) is 0 Å². The summed E-state index contributed by atoms with van der Waals surface area (Å²) in [5, 5.41) is 0. The van der Waals surface area contributed by atoms with E-state index in [1.54, 1.807) is 0 Å². The molecule has 1 nitrogen and oxygen atoms in total. The molecule has 4 heteroatoms. The Morgan fingerprint density at radius 1 is 0.913 bits per heavy atom. The molecule has 0 unspecified atom stereocenters. The van der Waals surface area contributed by atoms with Gasteiger partial charge >= 0.3 is 142 Å². The van der Waals surface area contributed by atoms with Gasteiger partial charge in [-0.1, -0.05) is 0 Å². The van der Waals surface area contributed by atoms with Gasteiger partial charge in [-0.15, -0.1) is 0 Å². The van der Waals surface area contributed by atoms with Crippen LogP contribution in [-0.2, 0) is 34.5 Å². The number of halogens is 2. The molecule has 1 aliphatic rings. The standard InChI is InChI=1S/C14H22O.C5H5.2ClH.Zr/c1-13(2,3)10-8-7-9-11(12(10)15)14(4,5)6;1-2-4-5-3-1;;;/h7-9,15H,1-6H3;1-3H,4H2;2*1H;/q;;;;+3/p-3. The van der Waals surface area contributed by atoms with Gasteiger partial charge in [0.1, 0.15) is 0 Å². The zero-order chi connectivity index (χ0) is 15.7. The largest absolute Gasteiger partial charge is 1.00 e. The molecule has 1 aromatic rings. The second-order valence-electron chi connectivity index (χ2n) is 7.71. The molecule has 23 heavy (non-hydrogen) atoms. The summed E-state index contributed by atoms with van der Waals surface area (Å²) in [6, 6.07) is 6.63. The van der Waals surface area contributed by atoms with Gasteiger partial charge in [-0.2, -0.15) is 0 Å². The van der Waals surface area contributed by atoms with E-state index in [-0.39, 0.29) is 35.6 Å². The number of benzene rings is 1. The number of rotatable bonds is 3. The molecule has 0 saturated heterocycles. The van der Waals surface area contributed by atoms with Gasteiger partial charge in [0.15, 0.2) is 0 Å². The third-order valence-corrected chi connectivity index (χ3v) is 6.00. The molecular formula is C19H26Cl2OZr. The maximum Gasteiger partial charge on any atom is -1.00 e. The molecule has 0 amide bonds. The maximum atomic E-state index is 6.47. The normalized spacial score (nSPS) is 13.6.